The molecule has 0 spiro atoms. The second-order valence-electron chi connectivity index (χ2n) is 13.1. The van der Waals surface area contributed by atoms with Gasteiger partial charge in [0.25, 0.3) is 11.8 Å². The number of fused-ring (bicyclic) bond motifs is 3. The van der Waals surface area contributed by atoms with Crippen LogP contribution in [0.4, 0.5) is 5.69 Å². The number of carbonyl (C=O) groups excluding carboxylic acids is 2. The molecule has 1 aliphatic rings. The van der Waals surface area contributed by atoms with E-state index >= 15 is 0 Å². The van der Waals surface area contributed by atoms with Gasteiger partial charge in [0.1, 0.15) is 5.52 Å². The monoisotopic (exact) mass is 705 g/mol. The molecule has 10 nitrogen and oxygen atoms in total. The summed E-state index contributed by atoms with van der Waals surface area (Å²) in [6.45, 7) is 6.25. The first kappa shape index (κ1) is 35.2. The van der Waals surface area contributed by atoms with Crippen molar-refractivity contribution < 1.29 is 18.7 Å². The van der Waals surface area contributed by atoms with E-state index in [9.17, 15) is 14.4 Å². The average Bonchev–Trinajstić information content (AvgIpc) is 3.19. The first-order valence-corrected chi connectivity index (χ1v) is 17.7. The molecule has 0 saturated carbocycles. The Kier molecular flexibility index (Phi) is 10.6. The van der Waals surface area contributed by atoms with E-state index in [0.717, 1.165) is 65.1 Å². The number of pyridine rings is 2. The Morgan fingerprint density at radius 1 is 0.736 bits per heavy atom. The van der Waals surface area contributed by atoms with Crippen LogP contribution in [0, 0.1) is 19.8 Å². The van der Waals surface area contributed by atoms with Crippen LogP contribution >= 0.6 is 0 Å². The van der Waals surface area contributed by atoms with Crippen molar-refractivity contribution in [3.05, 3.63) is 142 Å². The Morgan fingerprint density at radius 3 is 2.17 bits per heavy atom. The van der Waals surface area contributed by atoms with Gasteiger partial charge in [-0.1, -0.05) is 60.7 Å². The maximum Gasteiger partial charge on any atom is 0.365 e. The van der Waals surface area contributed by atoms with E-state index in [2.05, 4.69) is 38.6 Å². The molecule has 10 heteroatoms. The van der Waals surface area contributed by atoms with Gasteiger partial charge in [-0.25, -0.2) is 19.7 Å². The third kappa shape index (κ3) is 7.83. The van der Waals surface area contributed by atoms with Crippen molar-refractivity contribution >= 4 is 50.1 Å². The first-order chi connectivity index (χ1) is 25.9. The van der Waals surface area contributed by atoms with Crippen molar-refractivity contribution in [1.29, 1.82) is 0 Å². The third-order valence-corrected chi connectivity index (χ3v) is 9.60. The van der Waals surface area contributed by atoms with Crippen LogP contribution in [-0.2, 0) is 4.74 Å². The minimum atomic E-state index is -0.467. The zero-order valence-corrected chi connectivity index (χ0v) is 29.6. The molecule has 0 bridgehead atoms. The van der Waals surface area contributed by atoms with Gasteiger partial charge in [0.15, 0.2) is 11.2 Å². The number of ether oxygens (including phenoxy) is 1. The Labute approximate surface area is 306 Å². The lowest BCUT2D eigenvalue weighted by molar-refractivity contribution is 0.0636. The maximum atomic E-state index is 13.1. The number of nitrogens with zero attached hydrogens (tertiary/aromatic N) is 3. The molecule has 1 fully saturated rings. The van der Waals surface area contributed by atoms with Crippen molar-refractivity contribution in [2.45, 2.75) is 33.1 Å². The highest BCUT2D eigenvalue weighted by Gasteiger charge is 2.19. The van der Waals surface area contributed by atoms with Crippen LogP contribution in [-0.4, -0.2) is 46.5 Å². The zero-order valence-electron chi connectivity index (χ0n) is 29.6. The molecule has 8 rings (SSSR count). The minimum Gasteiger partial charge on any atom is -0.402 e. The second kappa shape index (κ2) is 16.0. The normalized spacial score (nSPS) is 13.0. The fourth-order valence-corrected chi connectivity index (χ4v) is 6.70. The largest absolute Gasteiger partial charge is 0.402 e. The molecule has 3 aromatic heterocycles. The molecule has 1 saturated heterocycles. The maximum absolute atomic E-state index is 13.1. The summed E-state index contributed by atoms with van der Waals surface area (Å²) in [6.07, 6.45) is 6.10. The topological polar surface area (TPSA) is 136 Å². The summed E-state index contributed by atoms with van der Waals surface area (Å²) < 4.78 is 10.8. The lowest BCUT2D eigenvalue weighted by atomic mass is 9.97. The van der Waals surface area contributed by atoms with Crippen LogP contribution in [0.3, 0.4) is 0 Å². The predicted molar refractivity (Wildman–Crippen MR) is 207 cm³/mol. The highest BCUT2D eigenvalue weighted by Crippen LogP contribution is 2.30. The third-order valence-electron chi connectivity index (χ3n) is 9.60. The van der Waals surface area contributed by atoms with Gasteiger partial charge in [-0.05, 0) is 108 Å². The smallest absolute Gasteiger partial charge is 0.365 e. The summed E-state index contributed by atoms with van der Waals surface area (Å²) in [5.41, 5.74) is 4.61. The number of carbonyl (C=O) groups is 2. The molecule has 4 heterocycles. The van der Waals surface area contributed by atoms with E-state index in [-0.39, 0.29) is 23.0 Å². The molecule has 0 aliphatic carbocycles. The Morgan fingerprint density at radius 2 is 1.40 bits per heavy atom. The molecule has 7 aromatic rings. The zero-order chi connectivity index (χ0) is 36.7. The van der Waals surface area contributed by atoms with Crippen LogP contribution in [0.2, 0.25) is 0 Å². The number of nitrogens with one attached hydrogen (secondary N) is 2. The standard InChI is InChI=1S/C25H27N3O3.C18H12N2O2/c1-17-8-9-21(20-6-3-2-5-19(17)20)24(29)28-22-7-4-13-26-23(22)25(30)27-14-10-18-11-15-31-16-12-18;1-11-8-9-14(13-6-3-2-5-12(11)13)17-20-15-7-4-10-19-16(15)18(21)22-17/h2-9,13,18H,10-12,14-16H2,1H3,(H,27,30)(H,28,29);2-10H,1H3. The second-order valence-corrected chi connectivity index (χ2v) is 13.1. The van der Waals surface area contributed by atoms with Crippen LogP contribution < -0.4 is 16.3 Å². The number of aryl methyl sites for hydroxylation is 2. The molecule has 0 radical (unpaired) electrons. The van der Waals surface area contributed by atoms with E-state index in [4.69, 9.17) is 9.15 Å². The molecule has 4 aromatic carbocycles. The summed E-state index contributed by atoms with van der Waals surface area (Å²) in [6, 6.07) is 30.5. The van der Waals surface area contributed by atoms with Crippen LogP contribution in [0.25, 0.3) is 44.0 Å². The van der Waals surface area contributed by atoms with Gasteiger partial charge < -0.3 is 19.8 Å². The number of rotatable bonds is 7. The van der Waals surface area contributed by atoms with Gasteiger partial charge in [-0.3, -0.25) is 9.59 Å². The summed E-state index contributed by atoms with van der Waals surface area (Å²) in [5.74, 6) is 0.352. The quantitative estimate of drug-likeness (QED) is 0.170. The molecule has 0 atom stereocenters. The van der Waals surface area contributed by atoms with Crippen molar-refractivity contribution in [3.63, 3.8) is 0 Å². The Bertz CT molecular complexity index is 2510. The fraction of sp³-hybridized carbons (Fsp3) is 0.209. The number of benzene rings is 4. The molecule has 266 valence electrons. The van der Waals surface area contributed by atoms with Gasteiger partial charge in [0.2, 0.25) is 5.89 Å². The Hall–Kier alpha value is -6.26. The van der Waals surface area contributed by atoms with Gasteiger partial charge in [-0.2, -0.15) is 0 Å². The lowest BCUT2D eigenvalue weighted by Gasteiger charge is -2.21. The number of amides is 2. The van der Waals surface area contributed by atoms with Gasteiger partial charge >= 0.3 is 5.63 Å². The molecule has 53 heavy (non-hydrogen) atoms. The van der Waals surface area contributed by atoms with E-state index in [1.165, 1.54) is 5.56 Å². The van der Waals surface area contributed by atoms with Crippen molar-refractivity contribution in [3.8, 4) is 11.5 Å². The van der Waals surface area contributed by atoms with Gasteiger partial charge in [0.05, 0.1) is 5.69 Å². The SMILES string of the molecule is Cc1ccc(-c2nc3cccnc3c(=O)o2)c2ccccc12.Cc1ccc(C(=O)Nc2cccnc2C(=O)NCCC2CCOCC2)c2ccccc12. The summed E-state index contributed by atoms with van der Waals surface area (Å²) in [5, 5.41) is 9.88. The van der Waals surface area contributed by atoms with E-state index in [0.29, 0.717) is 35.1 Å². The average molecular weight is 706 g/mol. The minimum absolute atomic E-state index is 0.222. The van der Waals surface area contributed by atoms with E-state index < -0.39 is 5.63 Å². The number of hydrogen-bond acceptors (Lipinski definition) is 8. The van der Waals surface area contributed by atoms with Crippen molar-refractivity contribution in [2.24, 2.45) is 5.92 Å². The molecule has 2 N–H and O–H groups in total. The highest BCUT2D eigenvalue weighted by molar-refractivity contribution is 6.15. The highest BCUT2D eigenvalue weighted by atomic mass is 16.5. The predicted octanol–water partition coefficient (Wildman–Crippen LogP) is 8.05. The summed E-state index contributed by atoms with van der Waals surface area (Å²) in [4.78, 5) is 50.6. The van der Waals surface area contributed by atoms with Crippen molar-refractivity contribution in [1.82, 2.24) is 20.3 Å². The molecule has 1 aliphatic heterocycles. The Balaban J connectivity index is 0.000000173. The molecular weight excluding hydrogens is 667 g/mol. The van der Waals surface area contributed by atoms with Crippen LogP contribution in [0.1, 0.15) is 51.2 Å². The van der Waals surface area contributed by atoms with Crippen molar-refractivity contribution in [2.75, 3.05) is 25.1 Å². The van der Waals surface area contributed by atoms with Gasteiger partial charge in [-0.15, -0.1) is 0 Å². The molecule has 0 unspecified atom stereocenters. The van der Waals surface area contributed by atoms with Crippen LogP contribution in [0.15, 0.2) is 119 Å². The van der Waals surface area contributed by atoms with Gasteiger partial charge in [0, 0.05) is 43.3 Å². The summed E-state index contributed by atoms with van der Waals surface area (Å²) >= 11 is 0. The molecular formula is C43H39N5O5. The number of hydrogen-bond donors (Lipinski definition) is 2. The first-order valence-electron chi connectivity index (χ1n) is 17.7. The lowest BCUT2D eigenvalue weighted by Crippen LogP contribution is -2.29. The van der Waals surface area contributed by atoms with E-state index in [1.807, 2.05) is 73.7 Å². The number of aromatic nitrogens is 3. The fourth-order valence-electron chi connectivity index (χ4n) is 6.70. The van der Waals surface area contributed by atoms with E-state index in [1.54, 1.807) is 36.7 Å². The van der Waals surface area contributed by atoms with Crippen LogP contribution in [0.5, 0.6) is 0 Å². The molecule has 2 amide bonds. The summed E-state index contributed by atoms with van der Waals surface area (Å²) in [7, 11) is 0. The number of anilines is 1.